The molecule has 0 saturated carbocycles. The number of nitrogens with zero attached hydrogens (tertiary/aromatic N) is 6. The Morgan fingerprint density at radius 1 is 1.28 bits per heavy atom. The van der Waals surface area contributed by atoms with Crippen LogP contribution in [-0.4, -0.2) is 38.8 Å². The Balaban J connectivity index is 2.46. The van der Waals surface area contributed by atoms with Crippen LogP contribution in [0.3, 0.4) is 0 Å². The fourth-order valence-corrected chi connectivity index (χ4v) is 1.61. The van der Waals surface area contributed by atoms with Gasteiger partial charge in [0.05, 0.1) is 0 Å². The van der Waals surface area contributed by atoms with E-state index in [0.717, 1.165) is 18.7 Å². The van der Waals surface area contributed by atoms with Crippen molar-refractivity contribution in [1.29, 1.82) is 0 Å². The minimum Gasteiger partial charge on any atom is -0.368 e. The zero-order chi connectivity index (χ0) is 13.1. The number of aromatic nitrogens is 5. The lowest BCUT2D eigenvalue weighted by molar-refractivity contribution is 0.606. The Bertz CT molecular complexity index is 532. The summed E-state index contributed by atoms with van der Waals surface area (Å²) in [5, 5.41) is 4.25. The van der Waals surface area contributed by atoms with Gasteiger partial charge in [0.1, 0.15) is 5.69 Å². The van der Waals surface area contributed by atoms with Crippen molar-refractivity contribution >= 4 is 11.9 Å². The van der Waals surface area contributed by atoms with Gasteiger partial charge in [0, 0.05) is 26.8 Å². The third-order valence-corrected chi connectivity index (χ3v) is 2.42. The fourth-order valence-electron chi connectivity index (χ4n) is 1.61. The van der Waals surface area contributed by atoms with Crippen molar-refractivity contribution in [3.8, 4) is 11.5 Å². The lowest BCUT2D eigenvalue weighted by Crippen LogP contribution is -2.15. The molecule has 2 aromatic rings. The second-order valence-corrected chi connectivity index (χ2v) is 4.15. The van der Waals surface area contributed by atoms with E-state index >= 15 is 0 Å². The summed E-state index contributed by atoms with van der Waals surface area (Å²) >= 11 is 0. The molecule has 7 nitrogen and oxygen atoms in total. The van der Waals surface area contributed by atoms with Crippen LogP contribution in [0.15, 0.2) is 12.3 Å². The van der Waals surface area contributed by atoms with Gasteiger partial charge in [-0.2, -0.15) is 20.1 Å². The average Bonchev–Trinajstić information content (AvgIpc) is 2.77. The van der Waals surface area contributed by atoms with Crippen molar-refractivity contribution in [2.75, 3.05) is 24.7 Å². The van der Waals surface area contributed by atoms with Crippen LogP contribution in [0.25, 0.3) is 11.5 Å². The van der Waals surface area contributed by atoms with Crippen LogP contribution < -0.4 is 10.6 Å². The van der Waals surface area contributed by atoms with Gasteiger partial charge in [-0.3, -0.25) is 4.68 Å². The minimum absolute atomic E-state index is 0.216. The average molecular weight is 247 g/mol. The van der Waals surface area contributed by atoms with Crippen molar-refractivity contribution in [2.24, 2.45) is 0 Å². The second-order valence-electron chi connectivity index (χ2n) is 4.15. The number of rotatable bonds is 4. The summed E-state index contributed by atoms with van der Waals surface area (Å²) in [5.74, 6) is 1.31. The normalized spacial score (nSPS) is 10.6. The van der Waals surface area contributed by atoms with Gasteiger partial charge in [-0.15, -0.1) is 0 Å². The second kappa shape index (κ2) is 4.99. The first kappa shape index (κ1) is 12.3. The number of nitrogen functional groups attached to an aromatic ring is 1. The molecule has 0 amide bonds. The lowest BCUT2D eigenvalue weighted by atomic mass is 10.4. The monoisotopic (exact) mass is 247 g/mol. The largest absolute Gasteiger partial charge is 0.368 e. The van der Waals surface area contributed by atoms with E-state index in [1.807, 2.05) is 24.8 Å². The summed E-state index contributed by atoms with van der Waals surface area (Å²) in [6, 6.07) is 1.88. The highest BCUT2D eigenvalue weighted by molar-refractivity contribution is 5.53. The van der Waals surface area contributed by atoms with Crippen molar-refractivity contribution < 1.29 is 0 Å². The molecular weight excluding hydrogens is 230 g/mol. The van der Waals surface area contributed by atoms with Crippen molar-refractivity contribution in [1.82, 2.24) is 24.7 Å². The Hall–Kier alpha value is -2.18. The van der Waals surface area contributed by atoms with Crippen LogP contribution in [0.4, 0.5) is 11.9 Å². The molecule has 0 aromatic carbocycles. The molecule has 0 radical (unpaired) electrons. The highest BCUT2D eigenvalue weighted by Crippen LogP contribution is 2.17. The predicted octanol–water partition coefficient (Wildman–Crippen LogP) is 0.793. The van der Waals surface area contributed by atoms with Crippen LogP contribution in [0, 0.1) is 0 Å². The Kier molecular flexibility index (Phi) is 3.40. The maximum Gasteiger partial charge on any atom is 0.230 e. The molecule has 0 saturated heterocycles. The Morgan fingerprint density at radius 3 is 2.72 bits per heavy atom. The molecule has 0 aliphatic carbocycles. The van der Waals surface area contributed by atoms with Crippen molar-refractivity contribution in [2.45, 2.75) is 19.9 Å². The molecule has 2 heterocycles. The molecule has 2 aromatic heterocycles. The summed E-state index contributed by atoms with van der Waals surface area (Å²) in [6.07, 6.45) is 2.73. The maximum absolute atomic E-state index is 5.71. The molecule has 2 N–H and O–H groups in total. The van der Waals surface area contributed by atoms with Crippen LogP contribution >= 0.6 is 0 Å². The van der Waals surface area contributed by atoms with Crippen molar-refractivity contribution in [3.63, 3.8) is 0 Å². The summed E-state index contributed by atoms with van der Waals surface area (Å²) in [5.41, 5.74) is 6.56. The summed E-state index contributed by atoms with van der Waals surface area (Å²) < 4.78 is 1.87. The van der Waals surface area contributed by atoms with E-state index in [2.05, 4.69) is 27.0 Å². The summed E-state index contributed by atoms with van der Waals surface area (Å²) in [4.78, 5) is 14.4. The van der Waals surface area contributed by atoms with Crippen molar-refractivity contribution in [3.05, 3.63) is 12.3 Å². The van der Waals surface area contributed by atoms with E-state index in [9.17, 15) is 0 Å². The number of aryl methyl sites for hydroxylation is 1. The molecule has 2 rings (SSSR count). The molecule has 0 spiro atoms. The quantitative estimate of drug-likeness (QED) is 0.859. The van der Waals surface area contributed by atoms with Gasteiger partial charge in [-0.1, -0.05) is 6.92 Å². The van der Waals surface area contributed by atoms with Crippen LogP contribution in [0.5, 0.6) is 0 Å². The number of nitrogens with two attached hydrogens (primary N) is 1. The highest BCUT2D eigenvalue weighted by Gasteiger charge is 2.12. The molecule has 0 atom stereocenters. The minimum atomic E-state index is 0.216. The smallest absolute Gasteiger partial charge is 0.230 e. The predicted molar refractivity (Wildman–Crippen MR) is 70.1 cm³/mol. The first-order chi connectivity index (χ1) is 8.61. The van der Waals surface area contributed by atoms with Gasteiger partial charge >= 0.3 is 0 Å². The van der Waals surface area contributed by atoms with Crippen LogP contribution in [0.1, 0.15) is 13.3 Å². The van der Waals surface area contributed by atoms with Gasteiger partial charge in [-0.05, 0) is 12.5 Å². The number of anilines is 2. The molecule has 96 valence electrons. The SMILES string of the molecule is CCCn1nccc1-c1nc(N)nc(N(C)C)n1. The highest BCUT2D eigenvalue weighted by atomic mass is 15.3. The van der Waals surface area contributed by atoms with Crippen LogP contribution in [0.2, 0.25) is 0 Å². The number of hydrogen-bond donors (Lipinski definition) is 1. The van der Waals surface area contributed by atoms with E-state index in [0.29, 0.717) is 11.8 Å². The van der Waals surface area contributed by atoms with E-state index in [1.54, 1.807) is 11.1 Å². The third kappa shape index (κ3) is 2.39. The first-order valence-electron chi connectivity index (χ1n) is 5.83. The third-order valence-electron chi connectivity index (χ3n) is 2.42. The van der Waals surface area contributed by atoms with E-state index in [4.69, 9.17) is 5.73 Å². The zero-order valence-electron chi connectivity index (χ0n) is 10.8. The molecule has 18 heavy (non-hydrogen) atoms. The molecule has 0 fully saturated rings. The topological polar surface area (TPSA) is 85.8 Å². The van der Waals surface area contributed by atoms with Gasteiger partial charge in [0.25, 0.3) is 0 Å². The summed E-state index contributed by atoms with van der Waals surface area (Å²) in [7, 11) is 3.73. The molecule has 0 bridgehead atoms. The van der Waals surface area contributed by atoms with Gasteiger partial charge < -0.3 is 10.6 Å². The van der Waals surface area contributed by atoms with Crippen LogP contribution in [-0.2, 0) is 6.54 Å². The molecular formula is C11H17N7. The van der Waals surface area contributed by atoms with Gasteiger partial charge in [0.15, 0.2) is 5.82 Å². The first-order valence-corrected chi connectivity index (χ1v) is 5.83. The van der Waals surface area contributed by atoms with Gasteiger partial charge in [0.2, 0.25) is 11.9 Å². The molecule has 0 aliphatic heterocycles. The summed E-state index contributed by atoms with van der Waals surface area (Å²) in [6.45, 7) is 2.92. The fraction of sp³-hybridized carbons (Fsp3) is 0.455. The van der Waals surface area contributed by atoms with E-state index < -0.39 is 0 Å². The van der Waals surface area contributed by atoms with E-state index in [-0.39, 0.29) is 5.95 Å². The van der Waals surface area contributed by atoms with E-state index in [1.165, 1.54) is 0 Å². The molecule has 0 unspecified atom stereocenters. The standard InChI is InChI=1S/C11H17N7/c1-4-7-18-8(5-6-13-18)9-14-10(12)16-11(15-9)17(2)3/h5-6H,4,7H2,1-3H3,(H2,12,14,15,16). The molecule has 0 aliphatic rings. The molecule has 7 heteroatoms. The Morgan fingerprint density at radius 2 is 2.06 bits per heavy atom. The number of hydrogen-bond acceptors (Lipinski definition) is 6. The maximum atomic E-state index is 5.71. The van der Waals surface area contributed by atoms with Gasteiger partial charge in [-0.25, -0.2) is 0 Å². The Labute approximate surface area is 106 Å². The zero-order valence-corrected chi connectivity index (χ0v) is 10.8. The lowest BCUT2D eigenvalue weighted by Gasteiger charge is -2.12.